The number of carboxylic acids is 1. The third kappa shape index (κ3) is 7.84. The molecule has 3 aromatic carbocycles. The molecular formula is C36H44O4. The van der Waals surface area contributed by atoms with Gasteiger partial charge in [0, 0.05) is 0 Å². The van der Waals surface area contributed by atoms with Crippen LogP contribution in [0.25, 0.3) is 11.1 Å². The van der Waals surface area contributed by atoms with Crippen LogP contribution in [0.15, 0.2) is 66.7 Å². The molecule has 0 aliphatic heterocycles. The summed E-state index contributed by atoms with van der Waals surface area (Å²) in [5.41, 5.74) is 5.89. The summed E-state index contributed by atoms with van der Waals surface area (Å²) in [6.07, 6.45) is 13.4. The van der Waals surface area contributed by atoms with Crippen molar-refractivity contribution < 1.29 is 19.4 Å². The van der Waals surface area contributed by atoms with Gasteiger partial charge in [-0.1, -0.05) is 107 Å². The van der Waals surface area contributed by atoms with E-state index in [1.54, 1.807) is 6.07 Å². The summed E-state index contributed by atoms with van der Waals surface area (Å²) in [6.45, 7) is 4.53. The van der Waals surface area contributed by atoms with Crippen molar-refractivity contribution in [2.45, 2.75) is 96.8 Å². The minimum absolute atomic E-state index is 0.341. The first-order chi connectivity index (χ1) is 19.5. The molecule has 4 rings (SSSR count). The molecular weight excluding hydrogens is 496 g/mol. The first kappa shape index (κ1) is 29.6. The van der Waals surface area contributed by atoms with E-state index in [0.29, 0.717) is 36.5 Å². The molecule has 1 aliphatic rings. The van der Waals surface area contributed by atoms with Crippen molar-refractivity contribution >= 4 is 11.9 Å². The summed E-state index contributed by atoms with van der Waals surface area (Å²) in [7, 11) is 0. The van der Waals surface area contributed by atoms with Gasteiger partial charge in [-0.05, 0) is 84.0 Å². The standard InChI is InChI=1S/C36H44O4/c1-3-5-6-7-8-9-13-26(12-4-2)27-16-18-28(19-17-27)33-14-10-11-15-34(33)36(39)40-32-23-22-29-24-31(35(37)38)21-20-30(29)25-32/h10-11,14-19,22-23,25-26,31H,3-9,12-13,20-21,24H2,1-2H3,(H,37,38). The SMILES string of the molecule is CCCCCCCCC(CCC)c1ccc(-c2ccccc2C(=O)Oc2ccc3c(c2)CCC(C(=O)O)C3)cc1. The first-order valence-electron chi connectivity index (χ1n) is 15.3. The Labute approximate surface area is 239 Å². The molecule has 1 aliphatic carbocycles. The van der Waals surface area contributed by atoms with E-state index in [-0.39, 0.29) is 11.9 Å². The molecule has 0 saturated carbocycles. The molecule has 2 atom stereocenters. The average Bonchev–Trinajstić information content (AvgIpc) is 2.98. The number of aryl methyl sites for hydroxylation is 1. The van der Waals surface area contributed by atoms with Crippen LogP contribution in [0.1, 0.15) is 111 Å². The molecule has 1 N–H and O–H groups in total. The molecule has 0 spiro atoms. The third-order valence-electron chi connectivity index (χ3n) is 8.35. The van der Waals surface area contributed by atoms with Crippen molar-refractivity contribution in [1.82, 2.24) is 0 Å². The smallest absolute Gasteiger partial charge is 0.344 e. The van der Waals surface area contributed by atoms with Gasteiger partial charge in [-0.15, -0.1) is 0 Å². The number of hydrogen-bond donors (Lipinski definition) is 1. The Hall–Kier alpha value is -3.40. The second kappa shape index (κ2) is 14.8. The number of hydrogen-bond acceptors (Lipinski definition) is 3. The molecule has 0 amide bonds. The maximum absolute atomic E-state index is 13.3. The lowest BCUT2D eigenvalue weighted by Gasteiger charge is -2.22. The van der Waals surface area contributed by atoms with Crippen LogP contribution in [0.4, 0.5) is 0 Å². The number of aliphatic carboxylic acids is 1. The number of esters is 1. The Bertz CT molecular complexity index is 1260. The van der Waals surface area contributed by atoms with Gasteiger partial charge in [-0.3, -0.25) is 4.79 Å². The van der Waals surface area contributed by atoms with E-state index >= 15 is 0 Å². The summed E-state index contributed by atoms with van der Waals surface area (Å²) < 4.78 is 5.82. The van der Waals surface area contributed by atoms with E-state index in [2.05, 4.69) is 38.1 Å². The number of carbonyl (C=O) groups excluding carboxylic acids is 1. The van der Waals surface area contributed by atoms with Gasteiger partial charge in [0.25, 0.3) is 0 Å². The topological polar surface area (TPSA) is 63.6 Å². The van der Waals surface area contributed by atoms with Gasteiger partial charge in [0.1, 0.15) is 5.75 Å². The zero-order valence-electron chi connectivity index (χ0n) is 24.2. The van der Waals surface area contributed by atoms with Gasteiger partial charge in [0.05, 0.1) is 11.5 Å². The first-order valence-corrected chi connectivity index (χ1v) is 15.3. The van der Waals surface area contributed by atoms with E-state index in [1.165, 1.54) is 63.4 Å². The van der Waals surface area contributed by atoms with Crippen molar-refractivity contribution in [1.29, 1.82) is 0 Å². The molecule has 0 aromatic heterocycles. The molecule has 40 heavy (non-hydrogen) atoms. The molecule has 4 nitrogen and oxygen atoms in total. The molecule has 0 bridgehead atoms. The maximum atomic E-state index is 13.3. The van der Waals surface area contributed by atoms with E-state index < -0.39 is 5.97 Å². The van der Waals surface area contributed by atoms with Gasteiger partial charge >= 0.3 is 11.9 Å². The Balaban J connectivity index is 1.43. The lowest BCUT2D eigenvalue weighted by atomic mass is 9.84. The Morgan fingerprint density at radius 2 is 1.60 bits per heavy atom. The largest absolute Gasteiger partial charge is 0.481 e. The number of ether oxygens (including phenoxy) is 1. The minimum Gasteiger partial charge on any atom is -0.481 e. The predicted octanol–water partition coefficient (Wildman–Crippen LogP) is 9.40. The zero-order chi connectivity index (χ0) is 28.3. The minimum atomic E-state index is -0.746. The number of fused-ring (bicyclic) bond motifs is 1. The summed E-state index contributed by atoms with van der Waals surface area (Å²) in [5.74, 6) is -0.387. The molecule has 2 unspecified atom stereocenters. The van der Waals surface area contributed by atoms with Crippen molar-refractivity contribution in [2.75, 3.05) is 0 Å². The Morgan fingerprint density at radius 3 is 2.35 bits per heavy atom. The second-order valence-corrected chi connectivity index (χ2v) is 11.3. The number of carboxylic acid groups (broad SMARTS) is 1. The summed E-state index contributed by atoms with van der Waals surface area (Å²) in [6, 6.07) is 21.9. The van der Waals surface area contributed by atoms with E-state index in [9.17, 15) is 14.7 Å². The van der Waals surface area contributed by atoms with Gasteiger partial charge in [0.2, 0.25) is 0 Å². The van der Waals surface area contributed by atoms with Crippen LogP contribution in [-0.2, 0) is 17.6 Å². The van der Waals surface area contributed by atoms with Crippen LogP contribution in [0.5, 0.6) is 5.75 Å². The number of benzene rings is 3. The summed E-state index contributed by atoms with van der Waals surface area (Å²) in [5, 5.41) is 9.35. The molecule has 0 fully saturated rings. The predicted molar refractivity (Wildman–Crippen MR) is 162 cm³/mol. The van der Waals surface area contributed by atoms with E-state index in [1.807, 2.05) is 36.4 Å². The lowest BCUT2D eigenvalue weighted by Crippen LogP contribution is -2.22. The van der Waals surface area contributed by atoms with E-state index in [0.717, 1.165) is 22.3 Å². The summed E-state index contributed by atoms with van der Waals surface area (Å²) in [4.78, 5) is 24.7. The average molecular weight is 541 g/mol. The normalized spacial score (nSPS) is 15.3. The Morgan fingerprint density at radius 1 is 0.850 bits per heavy atom. The lowest BCUT2D eigenvalue weighted by molar-refractivity contribution is -0.142. The highest BCUT2D eigenvalue weighted by molar-refractivity contribution is 5.98. The fraction of sp³-hybridized carbons (Fsp3) is 0.444. The quantitative estimate of drug-likeness (QED) is 0.126. The number of unbranched alkanes of at least 4 members (excludes halogenated alkanes) is 5. The number of rotatable bonds is 14. The third-order valence-corrected chi connectivity index (χ3v) is 8.35. The highest BCUT2D eigenvalue weighted by Crippen LogP contribution is 2.32. The Kier molecular flexibility index (Phi) is 11.0. The highest BCUT2D eigenvalue weighted by atomic mass is 16.5. The van der Waals surface area contributed by atoms with Gasteiger partial charge < -0.3 is 9.84 Å². The van der Waals surface area contributed by atoms with Crippen molar-refractivity contribution in [3.63, 3.8) is 0 Å². The maximum Gasteiger partial charge on any atom is 0.344 e. The van der Waals surface area contributed by atoms with Gasteiger partial charge in [-0.2, -0.15) is 0 Å². The van der Waals surface area contributed by atoms with Crippen LogP contribution in [0.2, 0.25) is 0 Å². The van der Waals surface area contributed by atoms with Crippen LogP contribution >= 0.6 is 0 Å². The van der Waals surface area contributed by atoms with Crippen molar-refractivity contribution in [2.24, 2.45) is 5.92 Å². The van der Waals surface area contributed by atoms with Crippen LogP contribution in [0.3, 0.4) is 0 Å². The second-order valence-electron chi connectivity index (χ2n) is 11.3. The highest BCUT2D eigenvalue weighted by Gasteiger charge is 2.25. The zero-order valence-corrected chi connectivity index (χ0v) is 24.2. The fourth-order valence-electron chi connectivity index (χ4n) is 6.01. The van der Waals surface area contributed by atoms with Crippen LogP contribution in [0, 0.1) is 5.92 Å². The van der Waals surface area contributed by atoms with E-state index in [4.69, 9.17) is 4.74 Å². The molecule has 3 aromatic rings. The monoisotopic (exact) mass is 540 g/mol. The molecule has 0 saturated heterocycles. The van der Waals surface area contributed by atoms with Crippen molar-refractivity contribution in [3.05, 3.63) is 89.0 Å². The molecule has 0 heterocycles. The van der Waals surface area contributed by atoms with Crippen molar-refractivity contribution in [3.8, 4) is 16.9 Å². The van der Waals surface area contributed by atoms with Crippen LogP contribution in [-0.4, -0.2) is 17.0 Å². The van der Waals surface area contributed by atoms with Gasteiger partial charge in [0.15, 0.2) is 0 Å². The molecule has 0 radical (unpaired) electrons. The summed E-state index contributed by atoms with van der Waals surface area (Å²) >= 11 is 0. The molecule has 4 heteroatoms. The fourth-order valence-corrected chi connectivity index (χ4v) is 6.01. The molecule has 212 valence electrons. The van der Waals surface area contributed by atoms with Gasteiger partial charge in [-0.25, -0.2) is 4.79 Å². The number of carbonyl (C=O) groups is 2. The van der Waals surface area contributed by atoms with Crippen LogP contribution < -0.4 is 4.74 Å².